The van der Waals surface area contributed by atoms with Gasteiger partial charge in [0, 0.05) is 6.61 Å². The van der Waals surface area contributed by atoms with Gasteiger partial charge in [0.1, 0.15) is 0 Å². The molecule has 5 rings (SSSR count). The Balaban J connectivity index is 0.000000129. The molecule has 26 heavy (non-hydrogen) atoms. The molecule has 0 bridgehead atoms. The van der Waals surface area contributed by atoms with Crippen LogP contribution in [0.5, 0.6) is 0 Å². The van der Waals surface area contributed by atoms with Crippen molar-refractivity contribution in [1.82, 2.24) is 0 Å². The quantitative estimate of drug-likeness (QED) is 0.299. The number of hydrogen-bond donors (Lipinski definition) is 0. The molecule has 0 aromatic heterocycles. The van der Waals surface area contributed by atoms with Crippen LogP contribution in [0.15, 0.2) is 73.8 Å². The van der Waals surface area contributed by atoms with Gasteiger partial charge in [0.25, 0.3) is 0 Å². The molecule has 0 spiro atoms. The lowest BCUT2D eigenvalue weighted by Crippen LogP contribution is -2.06. The smallest absolute Gasteiger partial charge is 0.161 e. The highest BCUT2D eigenvalue weighted by atomic mass is 28.2. The first kappa shape index (κ1) is 19.9. The lowest BCUT2D eigenvalue weighted by atomic mass is 9.99. The van der Waals surface area contributed by atoms with Gasteiger partial charge < -0.3 is 4.43 Å². The molecule has 1 heterocycles. The minimum absolute atomic E-state index is 0.00849. The van der Waals surface area contributed by atoms with Crippen LogP contribution in [-0.4, -0.2) is 16.4 Å². The average molecular weight is 361 g/mol. The fraction of sp³-hybridized carbons (Fsp3) is 0.167. The maximum Gasteiger partial charge on any atom is 0.161 e. The summed E-state index contributed by atoms with van der Waals surface area (Å²) >= 11 is 0. The van der Waals surface area contributed by atoms with Gasteiger partial charge in [-0.15, -0.1) is 0 Å². The lowest BCUT2D eigenvalue weighted by Gasteiger charge is -2.07. The highest BCUT2D eigenvalue weighted by Gasteiger charge is 2.00. The molecular weight excluding hydrogens is 332 g/mol. The molecule has 0 atom stereocenters. The molecule has 0 radical (unpaired) electrons. The van der Waals surface area contributed by atoms with E-state index in [0.29, 0.717) is 0 Å². The Morgan fingerprint density at radius 2 is 1.12 bits per heavy atom. The van der Waals surface area contributed by atoms with E-state index in [9.17, 15) is 0 Å². The minimum Gasteiger partial charge on any atom is -0.424 e. The highest BCUT2D eigenvalue weighted by Crippen LogP contribution is 2.22. The van der Waals surface area contributed by atoms with E-state index < -0.39 is 0 Å². The summed E-state index contributed by atoms with van der Waals surface area (Å²) in [6.07, 6.45) is 14.5. The summed E-state index contributed by atoms with van der Waals surface area (Å²) in [5, 5.41) is 0. The molecule has 0 saturated carbocycles. The van der Waals surface area contributed by atoms with Crippen LogP contribution < -0.4 is 0 Å². The maximum absolute atomic E-state index is 5.21. The Bertz CT molecular complexity index is 633. The van der Waals surface area contributed by atoms with Crippen molar-refractivity contribution in [2.45, 2.75) is 18.9 Å². The maximum atomic E-state index is 5.21. The minimum atomic E-state index is 0.00849. The van der Waals surface area contributed by atoms with Crippen molar-refractivity contribution in [3.05, 3.63) is 96.1 Å². The van der Waals surface area contributed by atoms with E-state index in [1.54, 1.807) is 12.2 Å². The second-order valence-corrected chi connectivity index (χ2v) is 7.59. The van der Waals surface area contributed by atoms with Gasteiger partial charge in [-0.2, -0.15) is 0 Å². The van der Waals surface area contributed by atoms with Gasteiger partial charge in [0.05, 0.1) is 0 Å². The fourth-order valence-electron chi connectivity index (χ4n) is 2.48. The molecule has 0 unspecified atom stereocenters. The number of rotatable bonds is 1. The van der Waals surface area contributed by atoms with Crippen LogP contribution in [-0.2, 0) is 4.43 Å². The third-order valence-corrected chi connectivity index (χ3v) is 5.49. The van der Waals surface area contributed by atoms with Crippen LogP contribution in [0.2, 0.25) is 6.04 Å². The normalized spacial score (nSPS) is 14.9. The number of hydrogen-bond acceptors (Lipinski definition) is 1. The average Bonchev–Trinajstić information content (AvgIpc) is 2.67. The van der Waals surface area contributed by atoms with Crippen LogP contribution in [0.3, 0.4) is 0 Å². The Morgan fingerprint density at radius 3 is 1.23 bits per heavy atom. The fourth-order valence-corrected chi connectivity index (χ4v) is 3.65. The zero-order chi connectivity index (χ0) is 18.5. The molecule has 2 aromatic carbocycles. The van der Waals surface area contributed by atoms with Crippen molar-refractivity contribution in [1.29, 1.82) is 0 Å². The molecular formula is C24H28OSi. The van der Waals surface area contributed by atoms with Gasteiger partial charge in [-0.1, -0.05) is 105 Å². The van der Waals surface area contributed by atoms with E-state index in [2.05, 4.69) is 86.0 Å². The zero-order valence-electron chi connectivity index (χ0n) is 15.4. The van der Waals surface area contributed by atoms with Crippen molar-refractivity contribution in [3.63, 3.8) is 0 Å². The predicted molar refractivity (Wildman–Crippen MR) is 120 cm³/mol. The Labute approximate surface area is 160 Å². The van der Waals surface area contributed by atoms with Crippen LogP contribution in [0.4, 0.5) is 0 Å². The summed E-state index contributed by atoms with van der Waals surface area (Å²) in [5.74, 6) is 0. The van der Waals surface area contributed by atoms with E-state index >= 15 is 0 Å². The molecule has 1 saturated heterocycles. The molecule has 1 aliphatic heterocycles. The lowest BCUT2D eigenvalue weighted by molar-refractivity contribution is 0.304. The van der Waals surface area contributed by atoms with Crippen LogP contribution >= 0.6 is 0 Å². The van der Waals surface area contributed by atoms with Gasteiger partial charge in [0.15, 0.2) is 9.76 Å². The third kappa shape index (κ3) is 6.83. The number of allylic oxidation sites excluding steroid dienone is 2. The standard InChI is InChI=1S/2C8H6.C4H10OSi.C4H6/c2*1-2-4-8-6-5-7(8)3-1;1-2-4-6-5-3-1;1-3-4-2/h2*1-6H;1-4,6H2;3-4H,1-2H2. The molecule has 1 fully saturated rings. The molecule has 0 N–H and O–H groups in total. The predicted octanol–water partition coefficient (Wildman–Crippen LogP) is 6.00. The van der Waals surface area contributed by atoms with E-state index in [-0.39, 0.29) is 9.76 Å². The van der Waals surface area contributed by atoms with E-state index in [0.717, 1.165) is 6.61 Å². The van der Waals surface area contributed by atoms with E-state index in [1.807, 2.05) is 0 Å². The molecule has 3 aliphatic rings. The monoisotopic (exact) mass is 360 g/mol. The van der Waals surface area contributed by atoms with Crippen molar-refractivity contribution in [3.8, 4) is 0 Å². The second-order valence-electron chi connectivity index (χ2n) is 6.07. The Morgan fingerprint density at radius 1 is 0.692 bits per heavy atom. The summed E-state index contributed by atoms with van der Waals surface area (Å²) in [6.45, 7) is 7.78. The van der Waals surface area contributed by atoms with Crippen LogP contribution in [0.25, 0.3) is 24.3 Å². The first-order valence-corrected chi connectivity index (χ1v) is 10.8. The SMILES string of the molecule is C1=Cc2ccccc21.C1=Cc2ccccc21.C1CC[SiH2]OC1.C=CC=C. The Kier molecular flexibility index (Phi) is 9.19. The summed E-state index contributed by atoms with van der Waals surface area (Å²) in [5.41, 5.74) is 5.47. The molecule has 1 nitrogen and oxygen atoms in total. The van der Waals surface area contributed by atoms with Crippen LogP contribution in [0.1, 0.15) is 35.1 Å². The molecule has 2 aromatic rings. The van der Waals surface area contributed by atoms with E-state index in [4.69, 9.17) is 4.43 Å². The second kappa shape index (κ2) is 12.0. The van der Waals surface area contributed by atoms with Gasteiger partial charge in [-0.3, -0.25) is 0 Å². The van der Waals surface area contributed by atoms with Crippen molar-refractivity contribution < 1.29 is 4.43 Å². The van der Waals surface area contributed by atoms with E-state index in [1.165, 1.54) is 41.1 Å². The molecule has 2 aliphatic carbocycles. The third-order valence-electron chi connectivity index (χ3n) is 4.12. The zero-order valence-corrected chi connectivity index (χ0v) is 16.9. The van der Waals surface area contributed by atoms with Gasteiger partial charge in [-0.05, 0) is 34.7 Å². The largest absolute Gasteiger partial charge is 0.424 e. The van der Waals surface area contributed by atoms with Gasteiger partial charge in [-0.25, -0.2) is 0 Å². The highest BCUT2D eigenvalue weighted by molar-refractivity contribution is 6.27. The first-order valence-electron chi connectivity index (χ1n) is 9.20. The summed E-state index contributed by atoms with van der Waals surface area (Å²) in [6, 6.07) is 18.1. The molecule has 134 valence electrons. The summed E-state index contributed by atoms with van der Waals surface area (Å²) in [7, 11) is 0.00849. The summed E-state index contributed by atoms with van der Waals surface area (Å²) in [4.78, 5) is 0. The van der Waals surface area contributed by atoms with Crippen LogP contribution in [0, 0.1) is 0 Å². The topological polar surface area (TPSA) is 9.23 Å². The van der Waals surface area contributed by atoms with Gasteiger partial charge >= 0.3 is 0 Å². The molecule has 2 heteroatoms. The first-order chi connectivity index (χ1) is 12.8. The number of benzene rings is 2. The molecule has 0 amide bonds. The Hall–Kier alpha value is -2.42. The van der Waals surface area contributed by atoms with Crippen molar-refractivity contribution >= 4 is 34.1 Å². The summed E-state index contributed by atoms with van der Waals surface area (Å²) < 4.78 is 5.21. The number of fused-ring (bicyclic) bond motifs is 2. The van der Waals surface area contributed by atoms with Crippen molar-refractivity contribution in [2.24, 2.45) is 0 Å². The van der Waals surface area contributed by atoms with Gasteiger partial charge in [0.2, 0.25) is 0 Å². The van der Waals surface area contributed by atoms with Crippen molar-refractivity contribution in [2.75, 3.05) is 6.61 Å².